The molecule has 2 rings (SSSR count). The number of aryl methyl sites for hydroxylation is 1. The van der Waals surface area contributed by atoms with Gasteiger partial charge in [0, 0.05) is 18.5 Å². The van der Waals surface area contributed by atoms with E-state index in [4.69, 9.17) is 0 Å². The van der Waals surface area contributed by atoms with E-state index in [0.717, 1.165) is 16.7 Å². The number of hydrogen-bond donors (Lipinski definition) is 1. The maximum Gasteiger partial charge on any atom is 0.225 e. The van der Waals surface area contributed by atoms with Gasteiger partial charge in [0.25, 0.3) is 0 Å². The molecule has 1 fully saturated rings. The summed E-state index contributed by atoms with van der Waals surface area (Å²) in [6, 6.07) is 0.147. The summed E-state index contributed by atoms with van der Waals surface area (Å²) in [7, 11) is 0. The Morgan fingerprint density at radius 1 is 1.41 bits per heavy atom. The Labute approximate surface area is 105 Å². The van der Waals surface area contributed by atoms with Crippen molar-refractivity contribution in [3.8, 4) is 0 Å². The van der Waals surface area contributed by atoms with Crippen LogP contribution in [0.5, 0.6) is 0 Å². The SMILES string of the molecule is Cc1nnc(NC2CC(=O)N(C(C)(C)C)C2)s1. The van der Waals surface area contributed by atoms with Crippen LogP contribution >= 0.6 is 11.3 Å². The van der Waals surface area contributed by atoms with Crippen molar-refractivity contribution >= 4 is 22.4 Å². The van der Waals surface area contributed by atoms with Crippen molar-refractivity contribution in [2.75, 3.05) is 11.9 Å². The zero-order valence-corrected chi connectivity index (χ0v) is 11.5. The molecule has 0 radical (unpaired) electrons. The fourth-order valence-electron chi connectivity index (χ4n) is 1.98. The molecular weight excluding hydrogens is 236 g/mol. The number of carbonyl (C=O) groups is 1. The number of amides is 1. The van der Waals surface area contributed by atoms with Crippen LogP contribution < -0.4 is 5.32 Å². The third-order valence-electron chi connectivity index (χ3n) is 2.79. The second kappa shape index (κ2) is 4.25. The Hall–Kier alpha value is -1.17. The first-order valence-corrected chi connectivity index (χ1v) is 6.55. The Bertz CT molecular complexity index is 423. The predicted octanol–water partition coefficient (Wildman–Crippen LogP) is 1.66. The van der Waals surface area contributed by atoms with Crippen LogP contribution in [0, 0.1) is 6.92 Å². The molecular formula is C11H18N4OS. The second-order valence-corrected chi connectivity index (χ2v) is 6.53. The van der Waals surface area contributed by atoms with Gasteiger partial charge in [0.2, 0.25) is 11.0 Å². The van der Waals surface area contributed by atoms with Gasteiger partial charge in [-0.05, 0) is 27.7 Å². The summed E-state index contributed by atoms with van der Waals surface area (Å²) < 4.78 is 0. The van der Waals surface area contributed by atoms with Gasteiger partial charge in [0.15, 0.2) is 0 Å². The van der Waals surface area contributed by atoms with Crippen molar-refractivity contribution < 1.29 is 4.79 Å². The molecule has 0 aliphatic carbocycles. The highest BCUT2D eigenvalue weighted by atomic mass is 32.1. The van der Waals surface area contributed by atoms with E-state index in [1.165, 1.54) is 11.3 Å². The molecule has 0 bridgehead atoms. The van der Waals surface area contributed by atoms with Crippen LogP contribution in [0.15, 0.2) is 0 Å². The first-order valence-electron chi connectivity index (χ1n) is 5.73. The zero-order valence-electron chi connectivity index (χ0n) is 10.6. The number of anilines is 1. The van der Waals surface area contributed by atoms with Gasteiger partial charge in [-0.3, -0.25) is 4.79 Å². The van der Waals surface area contributed by atoms with Crippen LogP contribution in [0.25, 0.3) is 0 Å². The van der Waals surface area contributed by atoms with Gasteiger partial charge in [-0.25, -0.2) is 0 Å². The molecule has 1 unspecified atom stereocenters. The fourth-order valence-corrected chi connectivity index (χ4v) is 2.65. The van der Waals surface area contributed by atoms with E-state index in [9.17, 15) is 4.79 Å². The van der Waals surface area contributed by atoms with Crippen LogP contribution in [-0.2, 0) is 4.79 Å². The summed E-state index contributed by atoms with van der Waals surface area (Å²) in [6.45, 7) is 8.83. The van der Waals surface area contributed by atoms with Gasteiger partial charge in [0.05, 0.1) is 6.04 Å². The van der Waals surface area contributed by atoms with Crippen LogP contribution in [0.1, 0.15) is 32.2 Å². The molecule has 17 heavy (non-hydrogen) atoms. The van der Waals surface area contributed by atoms with Gasteiger partial charge in [0.1, 0.15) is 5.01 Å². The van der Waals surface area contributed by atoms with Crippen molar-refractivity contribution in [1.29, 1.82) is 0 Å². The van der Waals surface area contributed by atoms with E-state index in [2.05, 4.69) is 36.3 Å². The molecule has 2 heterocycles. The Kier molecular flexibility index (Phi) is 3.07. The topological polar surface area (TPSA) is 58.1 Å². The van der Waals surface area contributed by atoms with Crippen molar-refractivity contribution in [2.45, 2.75) is 45.7 Å². The quantitative estimate of drug-likeness (QED) is 0.872. The number of likely N-dealkylation sites (tertiary alicyclic amines) is 1. The molecule has 6 heteroatoms. The second-order valence-electron chi connectivity index (χ2n) is 5.35. The molecule has 1 atom stereocenters. The molecule has 1 aliphatic rings. The number of nitrogens with one attached hydrogen (secondary N) is 1. The first kappa shape index (κ1) is 12.3. The zero-order chi connectivity index (χ0) is 12.6. The smallest absolute Gasteiger partial charge is 0.225 e. The standard InChI is InChI=1S/C11H18N4OS/c1-7-13-14-10(17-7)12-8-5-9(16)15(6-8)11(2,3)4/h8H,5-6H2,1-4H3,(H,12,14). The lowest BCUT2D eigenvalue weighted by atomic mass is 10.1. The minimum Gasteiger partial charge on any atom is -0.355 e. The highest BCUT2D eigenvalue weighted by Gasteiger charge is 2.36. The number of rotatable bonds is 2. The molecule has 1 N–H and O–H groups in total. The molecule has 1 aromatic rings. The largest absolute Gasteiger partial charge is 0.355 e. The summed E-state index contributed by atoms with van der Waals surface area (Å²) in [5, 5.41) is 13.0. The van der Waals surface area contributed by atoms with Crippen LogP contribution in [-0.4, -0.2) is 39.1 Å². The Morgan fingerprint density at radius 3 is 2.59 bits per heavy atom. The average molecular weight is 254 g/mol. The van der Waals surface area contributed by atoms with Gasteiger partial charge >= 0.3 is 0 Å². The molecule has 5 nitrogen and oxygen atoms in total. The molecule has 1 aromatic heterocycles. The normalized spacial score (nSPS) is 21.1. The van der Waals surface area contributed by atoms with Gasteiger partial charge in [-0.1, -0.05) is 11.3 Å². The van der Waals surface area contributed by atoms with E-state index in [0.29, 0.717) is 6.42 Å². The molecule has 94 valence electrons. The summed E-state index contributed by atoms with van der Waals surface area (Å²) in [5.74, 6) is 0.205. The first-order chi connectivity index (χ1) is 7.86. The number of nitrogens with zero attached hydrogens (tertiary/aromatic N) is 3. The summed E-state index contributed by atoms with van der Waals surface area (Å²) in [6.07, 6.45) is 0.538. The monoisotopic (exact) mass is 254 g/mol. The van der Waals surface area contributed by atoms with E-state index in [1.54, 1.807) is 0 Å². The van der Waals surface area contributed by atoms with Gasteiger partial charge < -0.3 is 10.2 Å². The maximum atomic E-state index is 11.9. The van der Waals surface area contributed by atoms with Crippen molar-refractivity contribution in [2.24, 2.45) is 0 Å². The molecule has 1 aliphatic heterocycles. The van der Waals surface area contributed by atoms with Gasteiger partial charge in [-0.15, -0.1) is 10.2 Å². The lowest BCUT2D eigenvalue weighted by Gasteiger charge is -2.32. The Balaban J connectivity index is 2.00. The van der Waals surface area contributed by atoms with E-state index < -0.39 is 0 Å². The van der Waals surface area contributed by atoms with E-state index in [1.807, 2.05) is 11.8 Å². The fraction of sp³-hybridized carbons (Fsp3) is 0.727. The predicted molar refractivity (Wildman–Crippen MR) is 68.1 cm³/mol. The third kappa shape index (κ3) is 2.74. The van der Waals surface area contributed by atoms with Crippen molar-refractivity contribution in [1.82, 2.24) is 15.1 Å². The van der Waals surface area contributed by atoms with E-state index in [-0.39, 0.29) is 17.5 Å². The van der Waals surface area contributed by atoms with Crippen LogP contribution in [0.2, 0.25) is 0 Å². The maximum absolute atomic E-state index is 11.9. The van der Waals surface area contributed by atoms with Crippen molar-refractivity contribution in [3.05, 3.63) is 5.01 Å². The number of hydrogen-bond acceptors (Lipinski definition) is 5. The molecule has 1 amide bonds. The average Bonchev–Trinajstić information content (AvgIpc) is 2.72. The minimum absolute atomic E-state index is 0.107. The van der Waals surface area contributed by atoms with Crippen molar-refractivity contribution in [3.63, 3.8) is 0 Å². The van der Waals surface area contributed by atoms with Crippen LogP contribution in [0.4, 0.5) is 5.13 Å². The summed E-state index contributed by atoms with van der Waals surface area (Å²) in [4.78, 5) is 13.8. The molecule has 0 spiro atoms. The third-order valence-corrected chi connectivity index (χ3v) is 3.56. The molecule has 1 saturated heterocycles. The molecule has 0 saturated carbocycles. The highest BCUT2D eigenvalue weighted by Crippen LogP contribution is 2.25. The highest BCUT2D eigenvalue weighted by molar-refractivity contribution is 7.15. The van der Waals surface area contributed by atoms with Crippen LogP contribution in [0.3, 0.4) is 0 Å². The minimum atomic E-state index is -0.107. The summed E-state index contributed by atoms with van der Waals surface area (Å²) >= 11 is 1.52. The lowest BCUT2D eigenvalue weighted by molar-refractivity contribution is -0.131. The summed E-state index contributed by atoms with van der Waals surface area (Å²) in [5.41, 5.74) is -0.107. The Morgan fingerprint density at radius 2 is 2.12 bits per heavy atom. The number of carbonyl (C=O) groups excluding carboxylic acids is 1. The molecule has 0 aromatic carbocycles. The lowest BCUT2D eigenvalue weighted by Crippen LogP contribution is -2.43. The number of aromatic nitrogens is 2. The van der Waals surface area contributed by atoms with E-state index >= 15 is 0 Å². The van der Waals surface area contributed by atoms with Gasteiger partial charge in [-0.2, -0.15) is 0 Å².